The molecule has 6 nitrogen and oxygen atoms in total. The number of hydrogen-bond donors (Lipinski definition) is 2. The molecule has 1 atom stereocenters. The van der Waals surface area contributed by atoms with Crippen LogP contribution in [0.3, 0.4) is 0 Å². The summed E-state index contributed by atoms with van der Waals surface area (Å²) in [7, 11) is 1.77. The van der Waals surface area contributed by atoms with E-state index in [2.05, 4.69) is 25.5 Å². The van der Waals surface area contributed by atoms with E-state index in [4.69, 9.17) is 4.74 Å². The second kappa shape index (κ2) is 9.89. The first kappa shape index (κ1) is 20.6. The fourth-order valence-electron chi connectivity index (χ4n) is 4.35. The van der Waals surface area contributed by atoms with E-state index in [0.717, 1.165) is 37.1 Å². The summed E-state index contributed by atoms with van der Waals surface area (Å²) in [6.45, 7) is 2.71. The van der Waals surface area contributed by atoms with Crippen LogP contribution in [0, 0.1) is 5.82 Å². The monoisotopic (exact) mass is 411 g/mol. The Balaban J connectivity index is 1.27. The van der Waals surface area contributed by atoms with Crippen molar-refractivity contribution in [3.63, 3.8) is 0 Å². The normalized spacial score (nSPS) is 20.5. The van der Waals surface area contributed by atoms with Crippen LogP contribution < -0.4 is 15.4 Å². The maximum Gasteiger partial charge on any atom is 0.191 e. The van der Waals surface area contributed by atoms with Crippen molar-refractivity contribution in [2.75, 3.05) is 20.1 Å². The largest absolute Gasteiger partial charge is 0.453 e. The number of hydrogen-bond acceptors (Lipinski definition) is 4. The van der Waals surface area contributed by atoms with Crippen molar-refractivity contribution in [1.29, 1.82) is 0 Å². The van der Waals surface area contributed by atoms with Gasteiger partial charge in [0.2, 0.25) is 0 Å². The highest BCUT2D eigenvalue weighted by atomic mass is 19.1. The van der Waals surface area contributed by atoms with E-state index in [0.29, 0.717) is 18.3 Å². The van der Waals surface area contributed by atoms with Gasteiger partial charge in [0.15, 0.2) is 17.5 Å². The summed E-state index contributed by atoms with van der Waals surface area (Å²) in [6.07, 6.45) is 9.75. The molecule has 0 bridgehead atoms. The topological polar surface area (TPSA) is 61.8 Å². The number of halogens is 1. The van der Waals surface area contributed by atoms with Gasteiger partial charge in [-0.25, -0.2) is 4.39 Å². The Morgan fingerprint density at radius 3 is 2.87 bits per heavy atom. The van der Waals surface area contributed by atoms with Gasteiger partial charge < -0.3 is 15.4 Å². The number of nitrogens with zero attached hydrogens (tertiary/aromatic N) is 3. The maximum atomic E-state index is 14.4. The van der Waals surface area contributed by atoms with Crippen LogP contribution >= 0.6 is 0 Å². The Hall–Kier alpha value is -2.67. The van der Waals surface area contributed by atoms with Crippen molar-refractivity contribution in [2.45, 2.75) is 50.7 Å². The number of benzene rings is 1. The first-order chi connectivity index (χ1) is 14.7. The molecule has 2 heterocycles. The highest BCUT2D eigenvalue weighted by molar-refractivity contribution is 5.80. The van der Waals surface area contributed by atoms with Gasteiger partial charge in [0, 0.05) is 45.0 Å². The zero-order valence-corrected chi connectivity index (χ0v) is 17.5. The molecule has 2 aromatic rings. The highest BCUT2D eigenvalue weighted by Gasteiger charge is 2.30. The number of guanidine groups is 1. The van der Waals surface area contributed by atoms with Crippen LogP contribution in [0.15, 0.2) is 47.7 Å². The Morgan fingerprint density at radius 1 is 1.27 bits per heavy atom. The lowest BCUT2D eigenvalue weighted by Gasteiger charge is -2.24. The van der Waals surface area contributed by atoms with Crippen LogP contribution in [0.1, 0.15) is 37.7 Å². The minimum atomic E-state index is -0.399. The molecule has 1 aliphatic heterocycles. The Labute approximate surface area is 177 Å². The maximum absolute atomic E-state index is 14.4. The van der Waals surface area contributed by atoms with Crippen molar-refractivity contribution >= 4 is 5.96 Å². The lowest BCUT2D eigenvalue weighted by atomic mass is 10.2. The molecule has 160 valence electrons. The lowest BCUT2D eigenvalue weighted by Crippen LogP contribution is -2.45. The SMILES string of the molecule is CN=C(NCc1ccc(Oc2cccnc2)c(F)c1)NC1CCN(C2CCCC2)C1. The number of nitrogens with one attached hydrogen (secondary N) is 2. The highest BCUT2D eigenvalue weighted by Crippen LogP contribution is 2.27. The molecule has 4 rings (SSSR count). The summed E-state index contributed by atoms with van der Waals surface area (Å²) in [5.41, 5.74) is 0.827. The van der Waals surface area contributed by atoms with Gasteiger partial charge in [0.1, 0.15) is 5.75 Å². The number of ether oxygens (including phenoxy) is 1. The quantitative estimate of drug-likeness (QED) is 0.561. The third-order valence-corrected chi connectivity index (χ3v) is 5.94. The Bertz CT molecular complexity index is 854. The average molecular weight is 412 g/mol. The minimum absolute atomic E-state index is 0.187. The van der Waals surface area contributed by atoms with Gasteiger partial charge in [0.05, 0.1) is 6.20 Å². The van der Waals surface area contributed by atoms with Gasteiger partial charge in [-0.2, -0.15) is 0 Å². The summed E-state index contributed by atoms with van der Waals surface area (Å²) in [5.74, 6) is 1.05. The first-order valence-corrected chi connectivity index (χ1v) is 10.8. The summed E-state index contributed by atoms with van der Waals surface area (Å²) < 4.78 is 20.0. The van der Waals surface area contributed by atoms with Crippen LogP contribution in [-0.4, -0.2) is 48.1 Å². The van der Waals surface area contributed by atoms with Gasteiger partial charge in [-0.3, -0.25) is 14.9 Å². The molecule has 1 saturated carbocycles. The van der Waals surface area contributed by atoms with E-state index in [9.17, 15) is 4.39 Å². The van der Waals surface area contributed by atoms with E-state index in [1.54, 1.807) is 37.6 Å². The second-order valence-corrected chi connectivity index (χ2v) is 8.04. The summed E-state index contributed by atoms with van der Waals surface area (Å²) in [6, 6.07) is 9.66. The molecule has 2 fully saturated rings. The standard InChI is InChI=1S/C23H30FN5O/c1-25-23(28-18-10-12-29(16-18)19-5-2-3-6-19)27-14-17-8-9-22(21(24)13-17)30-20-7-4-11-26-15-20/h4,7-9,11,13,15,18-19H,2-3,5-6,10,12,14,16H2,1H3,(H2,25,27,28). The predicted molar refractivity (Wildman–Crippen MR) is 116 cm³/mol. The molecule has 1 aromatic carbocycles. The van der Waals surface area contributed by atoms with Gasteiger partial charge in [-0.05, 0) is 49.1 Å². The number of rotatable bonds is 6. The minimum Gasteiger partial charge on any atom is -0.453 e. The smallest absolute Gasteiger partial charge is 0.191 e. The number of aliphatic imine (C=N–C) groups is 1. The van der Waals surface area contributed by atoms with Crippen molar-refractivity contribution in [3.05, 3.63) is 54.1 Å². The molecular weight excluding hydrogens is 381 g/mol. The molecule has 1 aromatic heterocycles. The molecule has 1 saturated heterocycles. The van der Waals surface area contributed by atoms with Crippen molar-refractivity contribution in [2.24, 2.45) is 4.99 Å². The molecule has 7 heteroatoms. The van der Waals surface area contributed by atoms with Crippen LogP contribution in [0.2, 0.25) is 0 Å². The summed E-state index contributed by atoms with van der Waals surface area (Å²) >= 11 is 0. The summed E-state index contributed by atoms with van der Waals surface area (Å²) in [5, 5.41) is 6.82. The molecule has 1 aliphatic carbocycles. The Kier molecular flexibility index (Phi) is 6.79. The summed E-state index contributed by atoms with van der Waals surface area (Å²) in [4.78, 5) is 10.9. The number of likely N-dealkylation sites (tertiary alicyclic amines) is 1. The van der Waals surface area contributed by atoms with Crippen LogP contribution in [0.25, 0.3) is 0 Å². The fraction of sp³-hybridized carbons (Fsp3) is 0.478. The Morgan fingerprint density at radius 2 is 2.13 bits per heavy atom. The zero-order chi connectivity index (χ0) is 20.8. The van der Waals surface area contributed by atoms with E-state index in [1.165, 1.54) is 31.7 Å². The third kappa shape index (κ3) is 5.27. The average Bonchev–Trinajstić information content (AvgIpc) is 3.45. The van der Waals surface area contributed by atoms with E-state index >= 15 is 0 Å². The van der Waals surface area contributed by atoms with Crippen molar-refractivity contribution in [1.82, 2.24) is 20.5 Å². The van der Waals surface area contributed by atoms with Gasteiger partial charge in [-0.1, -0.05) is 18.9 Å². The predicted octanol–water partition coefficient (Wildman–Crippen LogP) is 3.69. The van der Waals surface area contributed by atoms with Crippen molar-refractivity contribution < 1.29 is 9.13 Å². The molecule has 1 unspecified atom stereocenters. The van der Waals surface area contributed by atoms with Gasteiger partial charge in [-0.15, -0.1) is 0 Å². The van der Waals surface area contributed by atoms with Gasteiger partial charge >= 0.3 is 0 Å². The molecule has 2 aliphatic rings. The molecule has 30 heavy (non-hydrogen) atoms. The van der Waals surface area contributed by atoms with Gasteiger partial charge in [0.25, 0.3) is 0 Å². The lowest BCUT2D eigenvalue weighted by molar-refractivity contribution is 0.242. The number of aromatic nitrogens is 1. The first-order valence-electron chi connectivity index (χ1n) is 10.8. The fourth-order valence-corrected chi connectivity index (χ4v) is 4.35. The van der Waals surface area contributed by atoms with Crippen LogP contribution in [0.4, 0.5) is 4.39 Å². The van der Waals surface area contributed by atoms with E-state index in [-0.39, 0.29) is 5.75 Å². The van der Waals surface area contributed by atoms with Crippen molar-refractivity contribution in [3.8, 4) is 11.5 Å². The van der Waals surface area contributed by atoms with Crippen LogP contribution in [-0.2, 0) is 6.54 Å². The third-order valence-electron chi connectivity index (χ3n) is 5.94. The molecule has 2 N–H and O–H groups in total. The molecule has 0 radical (unpaired) electrons. The van der Waals surface area contributed by atoms with E-state index in [1.807, 2.05) is 6.07 Å². The molecule has 0 amide bonds. The zero-order valence-electron chi connectivity index (χ0n) is 17.5. The molecule has 0 spiro atoms. The van der Waals surface area contributed by atoms with E-state index < -0.39 is 5.82 Å². The second-order valence-electron chi connectivity index (χ2n) is 8.04. The number of pyridine rings is 1. The van der Waals surface area contributed by atoms with Crippen LogP contribution in [0.5, 0.6) is 11.5 Å². The molecular formula is C23H30FN5O.